The fourth-order valence-corrected chi connectivity index (χ4v) is 3.64. The van der Waals surface area contributed by atoms with E-state index in [0.29, 0.717) is 22.8 Å². The topological polar surface area (TPSA) is 110 Å². The Balaban J connectivity index is 1.51. The Morgan fingerprint density at radius 1 is 1.24 bits per heavy atom. The normalized spacial score (nSPS) is 14.5. The number of benzene rings is 1. The van der Waals surface area contributed by atoms with Gasteiger partial charge in [0.05, 0.1) is 6.04 Å². The molecule has 0 bridgehead atoms. The van der Waals surface area contributed by atoms with E-state index in [1.54, 1.807) is 19.1 Å². The van der Waals surface area contributed by atoms with Crippen LogP contribution in [-0.4, -0.2) is 26.9 Å². The first-order valence-electron chi connectivity index (χ1n) is 10.9. The number of rotatable bonds is 6. The number of anilines is 1. The Hall–Kier alpha value is -3.33. The Kier molecular flexibility index (Phi) is 6.40. The molecule has 0 saturated heterocycles. The van der Waals surface area contributed by atoms with Gasteiger partial charge in [0.15, 0.2) is 0 Å². The van der Waals surface area contributed by atoms with E-state index in [1.807, 2.05) is 20.8 Å². The van der Waals surface area contributed by atoms with Gasteiger partial charge in [0.25, 0.3) is 11.7 Å². The summed E-state index contributed by atoms with van der Waals surface area (Å²) in [6, 6.07) is 5.38. The molecule has 34 heavy (non-hydrogen) atoms. The van der Waals surface area contributed by atoms with Crippen molar-refractivity contribution >= 4 is 29.2 Å². The van der Waals surface area contributed by atoms with E-state index in [4.69, 9.17) is 16.1 Å². The van der Waals surface area contributed by atoms with Crippen LogP contribution in [0.1, 0.15) is 68.7 Å². The summed E-state index contributed by atoms with van der Waals surface area (Å²) in [5.41, 5.74) is 0.773. The van der Waals surface area contributed by atoms with Crippen molar-refractivity contribution < 1.29 is 18.5 Å². The van der Waals surface area contributed by atoms with Gasteiger partial charge in [-0.05, 0) is 55.2 Å². The van der Waals surface area contributed by atoms with Gasteiger partial charge in [-0.15, -0.1) is 0 Å². The number of hydrogen-bond donors (Lipinski definition) is 2. The molecule has 1 aliphatic carbocycles. The van der Waals surface area contributed by atoms with Crippen molar-refractivity contribution in [3.05, 3.63) is 58.6 Å². The SMILES string of the molecule is C[C@@H](NC(=O)c1noc(C(C)(C)C)n1)c1cc(F)c(-c2ccnc(NC(=O)C3CC3)c2)cc1Cl. The van der Waals surface area contributed by atoms with Crippen LogP contribution in [0.15, 0.2) is 35.0 Å². The maximum absolute atomic E-state index is 15.1. The summed E-state index contributed by atoms with van der Waals surface area (Å²) in [6.07, 6.45) is 3.24. The van der Waals surface area contributed by atoms with Gasteiger partial charge >= 0.3 is 0 Å². The van der Waals surface area contributed by atoms with Crippen LogP contribution < -0.4 is 10.6 Å². The number of pyridine rings is 1. The molecule has 2 heterocycles. The summed E-state index contributed by atoms with van der Waals surface area (Å²) in [5.74, 6) is -0.562. The zero-order chi connectivity index (χ0) is 24.6. The quantitative estimate of drug-likeness (QED) is 0.505. The number of amides is 2. The fraction of sp³-hybridized carbons (Fsp3) is 0.375. The lowest BCUT2D eigenvalue weighted by molar-refractivity contribution is -0.117. The van der Waals surface area contributed by atoms with Gasteiger partial charge in [-0.25, -0.2) is 9.37 Å². The van der Waals surface area contributed by atoms with Gasteiger partial charge in [-0.3, -0.25) is 9.59 Å². The largest absolute Gasteiger partial charge is 0.343 e. The second kappa shape index (κ2) is 9.13. The van der Waals surface area contributed by atoms with E-state index >= 15 is 4.39 Å². The minimum absolute atomic E-state index is 0.0279. The lowest BCUT2D eigenvalue weighted by Crippen LogP contribution is -2.28. The molecule has 10 heteroatoms. The van der Waals surface area contributed by atoms with Crippen LogP contribution in [-0.2, 0) is 10.2 Å². The van der Waals surface area contributed by atoms with Crippen molar-refractivity contribution in [2.24, 2.45) is 5.92 Å². The summed E-state index contributed by atoms with van der Waals surface area (Å²) in [4.78, 5) is 32.8. The minimum Gasteiger partial charge on any atom is -0.343 e. The maximum atomic E-state index is 15.1. The van der Waals surface area contributed by atoms with Crippen LogP contribution in [0.25, 0.3) is 11.1 Å². The van der Waals surface area contributed by atoms with E-state index in [2.05, 4.69) is 25.8 Å². The van der Waals surface area contributed by atoms with Gasteiger partial charge in [0.2, 0.25) is 11.8 Å². The first kappa shape index (κ1) is 23.8. The van der Waals surface area contributed by atoms with Crippen molar-refractivity contribution in [3.8, 4) is 11.1 Å². The molecule has 2 amide bonds. The molecule has 2 aromatic heterocycles. The molecule has 1 atom stereocenters. The van der Waals surface area contributed by atoms with E-state index in [0.717, 1.165) is 12.8 Å². The van der Waals surface area contributed by atoms with Gasteiger partial charge in [-0.2, -0.15) is 4.98 Å². The predicted molar refractivity (Wildman–Crippen MR) is 125 cm³/mol. The van der Waals surface area contributed by atoms with Crippen molar-refractivity contribution in [2.75, 3.05) is 5.32 Å². The number of carbonyl (C=O) groups is 2. The lowest BCUT2D eigenvalue weighted by Gasteiger charge is -2.16. The van der Waals surface area contributed by atoms with E-state index in [1.165, 1.54) is 18.3 Å². The highest BCUT2D eigenvalue weighted by Gasteiger charge is 2.30. The van der Waals surface area contributed by atoms with Crippen molar-refractivity contribution in [2.45, 2.75) is 52.0 Å². The summed E-state index contributed by atoms with van der Waals surface area (Å²) in [6.45, 7) is 7.35. The maximum Gasteiger partial charge on any atom is 0.293 e. The molecular weight excluding hydrogens is 461 g/mol. The third-order valence-corrected chi connectivity index (χ3v) is 5.77. The molecule has 4 rings (SSSR count). The highest BCUT2D eigenvalue weighted by atomic mass is 35.5. The van der Waals surface area contributed by atoms with Crippen LogP contribution in [0.2, 0.25) is 5.02 Å². The highest BCUT2D eigenvalue weighted by Crippen LogP contribution is 2.33. The summed E-state index contributed by atoms with van der Waals surface area (Å²) in [5, 5.41) is 9.47. The molecule has 0 unspecified atom stereocenters. The van der Waals surface area contributed by atoms with E-state index in [-0.39, 0.29) is 28.2 Å². The molecule has 1 aromatic carbocycles. The van der Waals surface area contributed by atoms with Crippen molar-refractivity contribution in [1.29, 1.82) is 0 Å². The number of carbonyl (C=O) groups excluding carboxylic acids is 2. The van der Waals surface area contributed by atoms with Crippen LogP contribution in [0, 0.1) is 11.7 Å². The fourth-order valence-electron chi connectivity index (χ4n) is 3.31. The molecular formula is C24H25ClFN5O3. The molecule has 3 aromatic rings. The molecule has 0 spiro atoms. The zero-order valence-corrected chi connectivity index (χ0v) is 20.0. The minimum atomic E-state index is -0.619. The second-order valence-electron chi connectivity index (χ2n) is 9.42. The van der Waals surface area contributed by atoms with Crippen molar-refractivity contribution in [3.63, 3.8) is 0 Å². The number of hydrogen-bond acceptors (Lipinski definition) is 6. The number of nitrogens with zero attached hydrogens (tertiary/aromatic N) is 3. The molecule has 178 valence electrons. The predicted octanol–water partition coefficient (Wildman–Crippen LogP) is 5.06. The Morgan fingerprint density at radius 2 is 1.97 bits per heavy atom. The Morgan fingerprint density at radius 3 is 2.62 bits per heavy atom. The average Bonchev–Trinajstić information content (AvgIpc) is 3.50. The third-order valence-electron chi connectivity index (χ3n) is 5.44. The van der Waals surface area contributed by atoms with E-state index in [9.17, 15) is 9.59 Å². The third kappa shape index (κ3) is 5.25. The number of halogens is 2. The standard InChI is InChI=1S/C24H25ClFN5O3/c1-12(28-22(33)20-30-23(34-31-20)24(2,3)4)15-11-18(26)16(10-17(15)25)14-7-8-27-19(9-14)29-21(32)13-5-6-13/h7-13H,5-6H2,1-4H3,(H,28,33)(H,27,29,32)/t12-/m1/s1. The molecule has 2 N–H and O–H groups in total. The molecule has 0 radical (unpaired) electrons. The smallest absolute Gasteiger partial charge is 0.293 e. The van der Waals surface area contributed by atoms with Gasteiger partial charge in [-0.1, -0.05) is 37.5 Å². The Labute approximate surface area is 201 Å². The molecule has 0 aliphatic heterocycles. The summed E-state index contributed by atoms with van der Waals surface area (Å²) < 4.78 is 20.2. The molecule has 8 nitrogen and oxygen atoms in total. The Bertz CT molecular complexity index is 1250. The summed E-state index contributed by atoms with van der Waals surface area (Å²) in [7, 11) is 0. The van der Waals surface area contributed by atoms with Crippen LogP contribution in [0.5, 0.6) is 0 Å². The van der Waals surface area contributed by atoms with Gasteiger partial charge in [0, 0.05) is 28.1 Å². The highest BCUT2D eigenvalue weighted by molar-refractivity contribution is 6.31. The first-order chi connectivity index (χ1) is 16.0. The first-order valence-corrected chi connectivity index (χ1v) is 11.3. The molecule has 1 aliphatic rings. The van der Waals surface area contributed by atoms with Crippen LogP contribution >= 0.6 is 11.6 Å². The van der Waals surface area contributed by atoms with Crippen LogP contribution in [0.3, 0.4) is 0 Å². The van der Waals surface area contributed by atoms with E-state index < -0.39 is 23.2 Å². The second-order valence-corrected chi connectivity index (χ2v) is 9.82. The van der Waals surface area contributed by atoms with Crippen LogP contribution in [0.4, 0.5) is 10.2 Å². The number of nitrogens with one attached hydrogen (secondary N) is 2. The number of aromatic nitrogens is 3. The zero-order valence-electron chi connectivity index (χ0n) is 19.3. The monoisotopic (exact) mass is 485 g/mol. The summed E-state index contributed by atoms with van der Waals surface area (Å²) >= 11 is 6.46. The lowest BCUT2D eigenvalue weighted by atomic mass is 9.97. The average molecular weight is 486 g/mol. The van der Waals surface area contributed by atoms with Crippen molar-refractivity contribution in [1.82, 2.24) is 20.4 Å². The van der Waals surface area contributed by atoms with Gasteiger partial charge in [0.1, 0.15) is 11.6 Å². The molecule has 1 fully saturated rings. The molecule has 1 saturated carbocycles. The van der Waals surface area contributed by atoms with Gasteiger partial charge < -0.3 is 15.2 Å².